The summed E-state index contributed by atoms with van der Waals surface area (Å²) in [5, 5.41) is 0.736. The molecule has 0 aromatic heterocycles. The molecule has 66 valence electrons. The van der Waals surface area contributed by atoms with Gasteiger partial charge in [0.15, 0.2) is 0 Å². The van der Waals surface area contributed by atoms with Crippen molar-refractivity contribution in [1.29, 1.82) is 0 Å². The minimum Gasteiger partial charge on any atom is -0.212 e. The van der Waals surface area contributed by atoms with E-state index in [1.54, 1.807) is 6.92 Å². The van der Waals surface area contributed by atoms with Crippen LogP contribution in [0, 0.1) is 0 Å². The number of anilines is 1. The third-order valence-corrected chi connectivity index (χ3v) is 1.90. The maximum atomic E-state index is 12.9. The van der Waals surface area contributed by atoms with E-state index in [4.69, 9.17) is 0 Å². The quantitative estimate of drug-likeness (QED) is 0.625. The summed E-state index contributed by atoms with van der Waals surface area (Å²) in [7, 11) is 0. The van der Waals surface area contributed by atoms with Crippen LogP contribution in [0.2, 0.25) is 0 Å². The van der Waals surface area contributed by atoms with E-state index < -0.39 is 0 Å². The molecule has 0 aliphatic carbocycles. The van der Waals surface area contributed by atoms with Crippen LogP contribution in [0.5, 0.6) is 0 Å². The van der Waals surface area contributed by atoms with Crippen molar-refractivity contribution in [3.05, 3.63) is 29.8 Å². The van der Waals surface area contributed by atoms with Crippen molar-refractivity contribution < 1.29 is 4.48 Å². The van der Waals surface area contributed by atoms with Crippen molar-refractivity contribution in [3.63, 3.8) is 0 Å². The van der Waals surface area contributed by atoms with Gasteiger partial charge in [-0.15, -0.1) is 0 Å². The lowest BCUT2D eigenvalue weighted by Gasteiger charge is -2.10. The molecule has 0 heterocycles. The van der Waals surface area contributed by atoms with Crippen LogP contribution in [0.3, 0.4) is 0 Å². The Hall–Kier alpha value is -1.05. The predicted molar refractivity (Wildman–Crippen MR) is 49.9 cm³/mol. The zero-order valence-electron chi connectivity index (χ0n) is 7.55. The molecule has 0 spiro atoms. The van der Waals surface area contributed by atoms with Gasteiger partial charge < -0.3 is 0 Å². The smallest absolute Gasteiger partial charge is 0.0687 e. The maximum absolute atomic E-state index is 12.9. The molecule has 1 aromatic carbocycles. The highest BCUT2D eigenvalue weighted by molar-refractivity contribution is 5.44. The Labute approximate surface area is 72.8 Å². The lowest BCUT2D eigenvalue weighted by atomic mass is 10.1. The van der Waals surface area contributed by atoms with Crippen LogP contribution in [0.15, 0.2) is 24.3 Å². The summed E-state index contributed by atoms with van der Waals surface area (Å²) in [6.45, 7) is 4.27. The molecule has 12 heavy (non-hydrogen) atoms. The average Bonchev–Trinajstić information content (AvgIpc) is 2.17. The molecule has 1 rings (SSSR count). The van der Waals surface area contributed by atoms with Gasteiger partial charge >= 0.3 is 0 Å². The molecule has 0 aliphatic heterocycles. The van der Waals surface area contributed by atoms with Gasteiger partial charge in [0.1, 0.15) is 0 Å². The van der Waals surface area contributed by atoms with Crippen molar-refractivity contribution in [3.8, 4) is 0 Å². The fourth-order valence-corrected chi connectivity index (χ4v) is 1.08. The van der Waals surface area contributed by atoms with Crippen molar-refractivity contribution >= 4 is 5.69 Å². The number of hydrogen-bond donors (Lipinski definition) is 0. The van der Waals surface area contributed by atoms with Gasteiger partial charge in [-0.05, 0) is 31.0 Å². The van der Waals surface area contributed by atoms with Crippen LogP contribution in [-0.4, -0.2) is 6.54 Å². The first-order valence-corrected chi connectivity index (χ1v) is 4.30. The molecule has 0 atom stereocenters. The molecule has 0 saturated carbocycles. The van der Waals surface area contributed by atoms with E-state index in [2.05, 4.69) is 6.92 Å². The zero-order chi connectivity index (χ0) is 8.97. The highest BCUT2D eigenvalue weighted by atomic mass is 19.2. The Balaban J connectivity index is 2.77. The minimum atomic E-state index is 0.394. The van der Waals surface area contributed by atoms with E-state index in [9.17, 15) is 4.48 Å². The molecule has 1 aromatic rings. The average molecular weight is 167 g/mol. The molecular formula is C10H14FN. The van der Waals surface area contributed by atoms with Gasteiger partial charge in [0, 0.05) is 6.54 Å². The van der Waals surface area contributed by atoms with Gasteiger partial charge in [-0.1, -0.05) is 23.5 Å². The molecule has 0 saturated heterocycles. The number of nitrogens with zero attached hydrogens (tertiary/aromatic N) is 1. The zero-order valence-corrected chi connectivity index (χ0v) is 7.55. The number of aryl methyl sites for hydroxylation is 1. The summed E-state index contributed by atoms with van der Waals surface area (Å²) < 4.78 is 12.9. The Kier molecular flexibility index (Phi) is 3.09. The fraction of sp³-hybridized carbons (Fsp3) is 0.400. The summed E-state index contributed by atoms with van der Waals surface area (Å²) in [4.78, 5) is 0. The van der Waals surface area contributed by atoms with E-state index in [-0.39, 0.29) is 0 Å². The summed E-state index contributed by atoms with van der Waals surface area (Å²) in [6.07, 6.45) is 0.999. The Morgan fingerprint density at radius 1 is 1.17 bits per heavy atom. The van der Waals surface area contributed by atoms with Gasteiger partial charge in [-0.3, -0.25) is 0 Å². The van der Waals surface area contributed by atoms with Crippen molar-refractivity contribution in [1.82, 2.24) is 0 Å². The minimum absolute atomic E-state index is 0.394. The third-order valence-electron chi connectivity index (χ3n) is 1.90. The van der Waals surface area contributed by atoms with Gasteiger partial charge in [-0.25, -0.2) is 5.12 Å². The van der Waals surface area contributed by atoms with Crippen molar-refractivity contribution in [2.75, 3.05) is 11.7 Å². The molecule has 0 fully saturated rings. The van der Waals surface area contributed by atoms with Gasteiger partial charge in [0.05, 0.1) is 5.69 Å². The molecule has 2 heteroatoms. The molecule has 0 N–H and O–H groups in total. The Morgan fingerprint density at radius 2 is 1.75 bits per heavy atom. The second kappa shape index (κ2) is 4.10. The monoisotopic (exact) mass is 167 g/mol. The summed E-state index contributed by atoms with van der Waals surface area (Å²) >= 11 is 0. The van der Waals surface area contributed by atoms with Crippen LogP contribution in [0.1, 0.15) is 19.4 Å². The highest BCUT2D eigenvalue weighted by Gasteiger charge is 1.99. The van der Waals surface area contributed by atoms with Gasteiger partial charge in [0.2, 0.25) is 0 Å². The molecule has 0 radical (unpaired) electrons. The second-order valence-electron chi connectivity index (χ2n) is 2.70. The first-order valence-electron chi connectivity index (χ1n) is 4.30. The maximum Gasteiger partial charge on any atom is 0.0687 e. The number of hydrogen-bond acceptors (Lipinski definition) is 1. The second-order valence-corrected chi connectivity index (χ2v) is 2.70. The summed E-state index contributed by atoms with van der Waals surface area (Å²) in [5.41, 5.74) is 1.87. The normalized spacial score (nSPS) is 9.92. The predicted octanol–water partition coefficient (Wildman–Crippen LogP) is 2.96. The van der Waals surface area contributed by atoms with Gasteiger partial charge in [0.25, 0.3) is 0 Å². The molecular weight excluding hydrogens is 153 g/mol. The lowest BCUT2D eigenvalue weighted by Crippen LogP contribution is -2.09. The van der Waals surface area contributed by atoms with Crippen molar-refractivity contribution in [2.24, 2.45) is 0 Å². The molecule has 0 amide bonds. The summed E-state index contributed by atoms with van der Waals surface area (Å²) in [6, 6.07) is 7.53. The number of benzene rings is 1. The van der Waals surface area contributed by atoms with E-state index in [0.717, 1.165) is 11.5 Å². The topological polar surface area (TPSA) is 3.24 Å². The number of halogens is 1. The number of rotatable bonds is 3. The van der Waals surface area contributed by atoms with Crippen LogP contribution in [0.4, 0.5) is 10.2 Å². The van der Waals surface area contributed by atoms with E-state index in [1.807, 2.05) is 24.3 Å². The molecule has 0 aliphatic rings. The lowest BCUT2D eigenvalue weighted by molar-refractivity contribution is 0.444. The van der Waals surface area contributed by atoms with Crippen LogP contribution in [-0.2, 0) is 6.42 Å². The molecule has 0 unspecified atom stereocenters. The summed E-state index contributed by atoms with van der Waals surface area (Å²) in [5.74, 6) is 0. The third kappa shape index (κ3) is 1.97. The highest BCUT2D eigenvalue weighted by Crippen LogP contribution is 2.15. The first kappa shape index (κ1) is 9.04. The van der Waals surface area contributed by atoms with Gasteiger partial charge in [-0.2, -0.15) is 0 Å². The van der Waals surface area contributed by atoms with Crippen LogP contribution in [0.25, 0.3) is 0 Å². The SMILES string of the molecule is CCc1ccc(N(F)CC)cc1. The Morgan fingerprint density at radius 3 is 2.17 bits per heavy atom. The molecule has 0 bridgehead atoms. The van der Waals surface area contributed by atoms with Crippen LogP contribution >= 0.6 is 0 Å². The Bertz CT molecular complexity index is 230. The van der Waals surface area contributed by atoms with E-state index in [0.29, 0.717) is 12.2 Å². The first-order chi connectivity index (χ1) is 5.77. The van der Waals surface area contributed by atoms with E-state index in [1.165, 1.54) is 5.56 Å². The fourth-order valence-electron chi connectivity index (χ4n) is 1.08. The van der Waals surface area contributed by atoms with Crippen LogP contribution < -0.4 is 5.12 Å². The standard InChI is InChI=1S/C10H14FN/c1-3-9-5-7-10(8-6-9)12(11)4-2/h5-8H,3-4H2,1-2H3. The van der Waals surface area contributed by atoms with E-state index >= 15 is 0 Å². The van der Waals surface area contributed by atoms with Crippen molar-refractivity contribution in [2.45, 2.75) is 20.3 Å². The largest absolute Gasteiger partial charge is 0.212 e. The molecule has 1 nitrogen and oxygen atoms in total.